The Balaban J connectivity index is 2.32. The van der Waals surface area contributed by atoms with Gasteiger partial charge in [0, 0.05) is 10.0 Å². The number of rotatable bonds is 4. The summed E-state index contributed by atoms with van der Waals surface area (Å²) in [5.74, 6) is 0.361. The molecule has 0 spiro atoms. The van der Waals surface area contributed by atoms with Crippen LogP contribution in [0.2, 0.25) is 5.02 Å². The molecule has 0 fully saturated rings. The Labute approximate surface area is 135 Å². The Kier molecular flexibility index (Phi) is 4.96. The molecule has 0 aliphatic heterocycles. The first-order chi connectivity index (χ1) is 9.92. The standard InChI is InChI=1S/C15H14BrClFNO2/c1-8(11-7-10(21-2)3-4-14(11)20)19-15-12(16)5-9(18)6-13(15)17/h3-8,19-20H,1-2H3. The molecule has 6 heteroatoms. The normalized spacial score (nSPS) is 12.0. The number of benzene rings is 2. The van der Waals surface area contributed by atoms with Crippen LogP contribution >= 0.6 is 27.5 Å². The molecule has 2 aromatic rings. The fourth-order valence-electron chi connectivity index (χ4n) is 1.98. The van der Waals surface area contributed by atoms with E-state index in [9.17, 15) is 9.50 Å². The number of phenols is 1. The van der Waals surface area contributed by atoms with Gasteiger partial charge < -0.3 is 15.2 Å². The van der Waals surface area contributed by atoms with Gasteiger partial charge >= 0.3 is 0 Å². The Morgan fingerprint density at radius 2 is 2.05 bits per heavy atom. The second-order valence-corrected chi connectivity index (χ2v) is 5.80. The average molecular weight is 375 g/mol. The zero-order valence-corrected chi connectivity index (χ0v) is 13.8. The van der Waals surface area contributed by atoms with Crippen LogP contribution in [0.25, 0.3) is 0 Å². The predicted octanol–water partition coefficient (Wildman–Crippen LogP) is 5.13. The molecule has 21 heavy (non-hydrogen) atoms. The third-order valence-corrected chi connectivity index (χ3v) is 3.99. The number of nitrogens with one attached hydrogen (secondary N) is 1. The Bertz CT molecular complexity index is 643. The minimum Gasteiger partial charge on any atom is -0.508 e. The largest absolute Gasteiger partial charge is 0.508 e. The Morgan fingerprint density at radius 1 is 1.33 bits per heavy atom. The molecule has 0 amide bonds. The molecule has 0 bridgehead atoms. The predicted molar refractivity (Wildman–Crippen MR) is 85.8 cm³/mol. The number of methoxy groups -OCH3 is 1. The number of aromatic hydroxyl groups is 1. The molecule has 0 aliphatic rings. The summed E-state index contributed by atoms with van der Waals surface area (Å²) in [7, 11) is 1.56. The SMILES string of the molecule is COc1ccc(O)c(C(C)Nc2c(Cl)cc(F)cc2Br)c1. The quantitative estimate of drug-likeness (QED) is 0.779. The van der Waals surface area contributed by atoms with Gasteiger partial charge in [0.05, 0.1) is 23.9 Å². The van der Waals surface area contributed by atoms with Crippen LogP contribution in [-0.2, 0) is 0 Å². The van der Waals surface area contributed by atoms with Crippen LogP contribution < -0.4 is 10.1 Å². The van der Waals surface area contributed by atoms with Crippen molar-refractivity contribution in [3.63, 3.8) is 0 Å². The van der Waals surface area contributed by atoms with Crippen LogP contribution in [0.3, 0.4) is 0 Å². The number of hydrogen-bond donors (Lipinski definition) is 2. The molecular formula is C15H14BrClFNO2. The van der Waals surface area contributed by atoms with Crippen LogP contribution in [0.15, 0.2) is 34.8 Å². The van der Waals surface area contributed by atoms with Gasteiger partial charge in [-0.2, -0.15) is 0 Å². The summed E-state index contributed by atoms with van der Waals surface area (Å²) in [6.45, 7) is 1.86. The van der Waals surface area contributed by atoms with Gasteiger partial charge in [0.1, 0.15) is 17.3 Å². The van der Waals surface area contributed by atoms with Crippen molar-refractivity contribution in [3.8, 4) is 11.5 Å². The minimum absolute atomic E-state index is 0.144. The van der Waals surface area contributed by atoms with E-state index in [2.05, 4.69) is 21.2 Å². The second-order valence-electron chi connectivity index (χ2n) is 4.54. The van der Waals surface area contributed by atoms with E-state index in [0.29, 0.717) is 21.5 Å². The Hall–Kier alpha value is -1.46. The summed E-state index contributed by atoms with van der Waals surface area (Å²) in [6.07, 6.45) is 0. The zero-order valence-electron chi connectivity index (χ0n) is 11.5. The van der Waals surface area contributed by atoms with Crippen molar-refractivity contribution in [1.29, 1.82) is 0 Å². The second kappa shape index (κ2) is 6.54. The monoisotopic (exact) mass is 373 g/mol. The number of hydrogen-bond acceptors (Lipinski definition) is 3. The van der Waals surface area contributed by atoms with Gasteiger partial charge in [0.25, 0.3) is 0 Å². The maximum atomic E-state index is 13.2. The molecule has 3 nitrogen and oxygen atoms in total. The van der Waals surface area contributed by atoms with E-state index in [1.807, 2.05) is 6.92 Å². The summed E-state index contributed by atoms with van der Waals surface area (Å²) < 4.78 is 18.9. The lowest BCUT2D eigenvalue weighted by atomic mass is 10.1. The van der Waals surface area contributed by atoms with Crippen molar-refractivity contribution in [3.05, 3.63) is 51.2 Å². The fraction of sp³-hybridized carbons (Fsp3) is 0.200. The van der Waals surface area contributed by atoms with Crippen LogP contribution in [0.1, 0.15) is 18.5 Å². The lowest BCUT2D eigenvalue weighted by Gasteiger charge is -2.19. The van der Waals surface area contributed by atoms with Crippen LogP contribution in [-0.4, -0.2) is 12.2 Å². The number of anilines is 1. The van der Waals surface area contributed by atoms with Gasteiger partial charge in [-0.05, 0) is 53.2 Å². The Morgan fingerprint density at radius 3 is 2.67 bits per heavy atom. The van der Waals surface area contributed by atoms with E-state index in [1.165, 1.54) is 12.1 Å². The van der Waals surface area contributed by atoms with E-state index in [1.54, 1.807) is 25.3 Å². The van der Waals surface area contributed by atoms with Gasteiger partial charge in [-0.15, -0.1) is 0 Å². The topological polar surface area (TPSA) is 41.5 Å². The summed E-state index contributed by atoms with van der Waals surface area (Å²) in [5, 5.41) is 13.4. The maximum Gasteiger partial charge on any atom is 0.125 e. The summed E-state index contributed by atoms with van der Waals surface area (Å²) >= 11 is 9.32. The van der Waals surface area contributed by atoms with Crippen LogP contribution in [0, 0.1) is 5.82 Å². The first kappa shape index (κ1) is 15.9. The average Bonchev–Trinajstić information content (AvgIpc) is 2.43. The van der Waals surface area contributed by atoms with Crippen molar-refractivity contribution in [2.45, 2.75) is 13.0 Å². The van der Waals surface area contributed by atoms with Crippen molar-refractivity contribution in [1.82, 2.24) is 0 Å². The van der Waals surface area contributed by atoms with E-state index in [0.717, 1.165) is 0 Å². The molecule has 2 rings (SSSR count). The molecule has 0 radical (unpaired) electrons. The van der Waals surface area contributed by atoms with E-state index in [4.69, 9.17) is 16.3 Å². The highest BCUT2D eigenvalue weighted by Crippen LogP contribution is 2.36. The first-order valence-corrected chi connectivity index (χ1v) is 7.37. The molecular weight excluding hydrogens is 361 g/mol. The van der Waals surface area contributed by atoms with E-state index < -0.39 is 5.82 Å². The number of phenolic OH excluding ortho intramolecular Hbond substituents is 1. The van der Waals surface area contributed by atoms with Gasteiger partial charge in [-0.25, -0.2) is 4.39 Å². The lowest BCUT2D eigenvalue weighted by Crippen LogP contribution is -2.08. The summed E-state index contributed by atoms with van der Waals surface area (Å²) in [5.41, 5.74) is 1.22. The molecule has 2 N–H and O–H groups in total. The van der Waals surface area contributed by atoms with Gasteiger partial charge in [0.15, 0.2) is 0 Å². The van der Waals surface area contributed by atoms with Crippen LogP contribution in [0.4, 0.5) is 10.1 Å². The van der Waals surface area contributed by atoms with Gasteiger partial charge in [-0.3, -0.25) is 0 Å². The molecule has 0 heterocycles. The molecule has 0 saturated carbocycles. The fourth-order valence-corrected chi connectivity index (χ4v) is 2.90. The van der Waals surface area contributed by atoms with E-state index >= 15 is 0 Å². The smallest absolute Gasteiger partial charge is 0.125 e. The van der Waals surface area contributed by atoms with Gasteiger partial charge in [-0.1, -0.05) is 11.6 Å². The highest BCUT2D eigenvalue weighted by molar-refractivity contribution is 9.10. The molecule has 2 aromatic carbocycles. The summed E-state index contributed by atoms with van der Waals surface area (Å²) in [6, 6.07) is 7.27. The lowest BCUT2D eigenvalue weighted by molar-refractivity contribution is 0.410. The molecule has 0 saturated heterocycles. The molecule has 0 aliphatic carbocycles. The van der Waals surface area contributed by atoms with Gasteiger partial charge in [0.2, 0.25) is 0 Å². The van der Waals surface area contributed by atoms with Crippen molar-refractivity contribution >= 4 is 33.2 Å². The van der Waals surface area contributed by atoms with Crippen LogP contribution in [0.5, 0.6) is 11.5 Å². The number of ether oxygens (including phenoxy) is 1. The van der Waals surface area contributed by atoms with Crippen molar-refractivity contribution in [2.75, 3.05) is 12.4 Å². The summed E-state index contributed by atoms with van der Waals surface area (Å²) in [4.78, 5) is 0. The van der Waals surface area contributed by atoms with Crippen molar-refractivity contribution < 1.29 is 14.2 Å². The molecule has 112 valence electrons. The third kappa shape index (κ3) is 3.60. The zero-order chi connectivity index (χ0) is 15.6. The van der Waals surface area contributed by atoms with Crippen molar-refractivity contribution in [2.24, 2.45) is 0 Å². The highest BCUT2D eigenvalue weighted by Gasteiger charge is 2.15. The first-order valence-electron chi connectivity index (χ1n) is 6.20. The molecule has 1 unspecified atom stereocenters. The minimum atomic E-state index is -0.422. The number of halogens is 3. The van der Waals surface area contributed by atoms with E-state index in [-0.39, 0.29) is 16.8 Å². The maximum absolute atomic E-state index is 13.2. The molecule has 1 atom stereocenters. The highest BCUT2D eigenvalue weighted by atomic mass is 79.9. The molecule has 0 aromatic heterocycles. The third-order valence-electron chi connectivity index (χ3n) is 3.07.